The predicted molar refractivity (Wildman–Crippen MR) is 110 cm³/mol. The summed E-state index contributed by atoms with van der Waals surface area (Å²) in [4.78, 5) is 14.9. The number of hydrogen-bond acceptors (Lipinski definition) is 5. The number of carbonyl (C=O) groups is 1. The minimum Gasteiger partial charge on any atom is -0.490 e. The third-order valence-electron chi connectivity index (χ3n) is 5.47. The molecule has 2 aromatic carbocycles. The van der Waals surface area contributed by atoms with Crippen molar-refractivity contribution in [1.82, 2.24) is 4.90 Å². The van der Waals surface area contributed by atoms with Crippen molar-refractivity contribution in [3.05, 3.63) is 54.1 Å². The summed E-state index contributed by atoms with van der Waals surface area (Å²) in [6.45, 7) is 3.90. The monoisotopic (exact) mass is 381 g/mol. The molecule has 148 valence electrons. The average Bonchev–Trinajstić information content (AvgIpc) is 2.88. The van der Waals surface area contributed by atoms with Crippen LogP contribution < -0.4 is 15.8 Å². The molecule has 2 aliphatic rings. The number of amides is 1. The number of nitrogens with zero attached hydrogens (tertiary/aromatic N) is 1. The van der Waals surface area contributed by atoms with Crippen LogP contribution in [0.1, 0.15) is 29.6 Å². The summed E-state index contributed by atoms with van der Waals surface area (Å²) in [6, 6.07) is 15.1. The van der Waals surface area contributed by atoms with Crippen LogP contribution in [-0.4, -0.2) is 49.3 Å². The topological polar surface area (TPSA) is 76.8 Å². The lowest BCUT2D eigenvalue weighted by Crippen LogP contribution is -2.49. The van der Waals surface area contributed by atoms with Gasteiger partial charge in [0.15, 0.2) is 0 Å². The smallest absolute Gasteiger partial charge is 0.255 e. The molecule has 2 aromatic rings. The summed E-state index contributed by atoms with van der Waals surface area (Å²) < 4.78 is 11.5. The highest BCUT2D eigenvalue weighted by atomic mass is 16.5. The minimum atomic E-state index is -0.183. The molecule has 0 aromatic heterocycles. The number of ether oxygens (including phenoxy) is 2. The summed E-state index contributed by atoms with van der Waals surface area (Å²) in [5, 5.41) is 2.84. The fourth-order valence-corrected chi connectivity index (χ4v) is 3.69. The quantitative estimate of drug-likeness (QED) is 0.778. The number of nitrogens with one attached hydrogen (secondary N) is 1. The molecule has 6 nitrogen and oxygen atoms in total. The van der Waals surface area contributed by atoms with E-state index in [2.05, 4.69) is 10.2 Å². The van der Waals surface area contributed by atoms with Gasteiger partial charge >= 0.3 is 0 Å². The van der Waals surface area contributed by atoms with Crippen LogP contribution in [0.4, 0.5) is 11.4 Å². The lowest BCUT2D eigenvalue weighted by molar-refractivity contribution is -0.0642. The molecule has 3 N–H and O–H groups in total. The number of para-hydroxylation sites is 2. The van der Waals surface area contributed by atoms with Gasteiger partial charge in [0.2, 0.25) is 0 Å². The Morgan fingerprint density at radius 1 is 1.07 bits per heavy atom. The molecule has 1 atom stereocenters. The van der Waals surface area contributed by atoms with Gasteiger partial charge in [-0.3, -0.25) is 9.69 Å². The first-order chi connectivity index (χ1) is 13.7. The number of carbonyl (C=O) groups excluding carboxylic acids is 1. The first kappa shape index (κ1) is 18.8. The van der Waals surface area contributed by atoms with Crippen LogP contribution >= 0.6 is 0 Å². The molecule has 28 heavy (non-hydrogen) atoms. The van der Waals surface area contributed by atoms with Crippen LogP contribution in [0.25, 0.3) is 0 Å². The molecule has 0 aliphatic carbocycles. The number of nitrogens with two attached hydrogens (primary N) is 1. The Bertz CT molecular complexity index is 805. The zero-order valence-corrected chi connectivity index (χ0v) is 16.0. The van der Waals surface area contributed by atoms with Crippen molar-refractivity contribution in [3.63, 3.8) is 0 Å². The molecule has 2 aliphatic heterocycles. The molecule has 0 spiro atoms. The van der Waals surface area contributed by atoms with Crippen molar-refractivity contribution in [1.29, 1.82) is 0 Å². The maximum atomic E-state index is 12.4. The van der Waals surface area contributed by atoms with E-state index in [1.807, 2.05) is 24.3 Å². The molecule has 6 heteroatoms. The fourth-order valence-electron chi connectivity index (χ4n) is 3.69. The number of anilines is 2. The second-order valence-corrected chi connectivity index (χ2v) is 7.46. The van der Waals surface area contributed by atoms with Crippen LogP contribution in [0.15, 0.2) is 48.5 Å². The second-order valence-electron chi connectivity index (χ2n) is 7.46. The van der Waals surface area contributed by atoms with Crippen LogP contribution in [0, 0.1) is 0 Å². The van der Waals surface area contributed by atoms with Crippen molar-refractivity contribution in [2.24, 2.45) is 0 Å². The van der Waals surface area contributed by atoms with Gasteiger partial charge in [-0.1, -0.05) is 12.1 Å². The van der Waals surface area contributed by atoms with E-state index in [1.165, 1.54) is 0 Å². The Kier molecular flexibility index (Phi) is 5.78. The van der Waals surface area contributed by atoms with Gasteiger partial charge in [0, 0.05) is 12.1 Å². The van der Waals surface area contributed by atoms with Gasteiger partial charge in [-0.2, -0.15) is 0 Å². The molecule has 0 bridgehead atoms. The average molecular weight is 381 g/mol. The largest absolute Gasteiger partial charge is 0.490 e. The molecule has 1 amide bonds. The van der Waals surface area contributed by atoms with Gasteiger partial charge in [-0.15, -0.1) is 0 Å². The number of rotatable bonds is 5. The van der Waals surface area contributed by atoms with Crippen molar-refractivity contribution in [3.8, 4) is 5.75 Å². The molecule has 2 fully saturated rings. The van der Waals surface area contributed by atoms with E-state index in [0.29, 0.717) is 23.0 Å². The molecule has 0 saturated carbocycles. The van der Waals surface area contributed by atoms with Crippen LogP contribution in [0.2, 0.25) is 0 Å². The lowest BCUT2D eigenvalue weighted by atomic mass is 10.1. The van der Waals surface area contributed by atoms with E-state index in [9.17, 15) is 4.79 Å². The van der Waals surface area contributed by atoms with Gasteiger partial charge in [-0.05, 0) is 62.2 Å². The van der Waals surface area contributed by atoms with Gasteiger partial charge in [-0.25, -0.2) is 0 Å². The maximum Gasteiger partial charge on any atom is 0.255 e. The Morgan fingerprint density at radius 3 is 2.57 bits per heavy atom. The van der Waals surface area contributed by atoms with Crippen LogP contribution in [-0.2, 0) is 4.74 Å². The number of likely N-dealkylation sites (tertiary alicyclic amines) is 1. The van der Waals surface area contributed by atoms with E-state index < -0.39 is 0 Å². The summed E-state index contributed by atoms with van der Waals surface area (Å²) in [5.74, 6) is 0.624. The van der Waals surface area contributed by atoms with Gasteiger partial charge < -0.3 is 20.5 Å². The maximum absolute atomic E-state index is 12.4. The van der Waals surface area contributed by atoms with Gasteiger partial charge in [0.05, 0.1) is 36.7 Å². The summed E-state index contributed by atoms with van der Waals surface area (Å²) in [7, 11) is 0. The molecule has 2 heterocycles. The number of nitrogen functional groups attached to an aromatic ring is 1. The van der Waals surface area contributed by atoms with Crippen LogP contribution in [0.3, 0.4) is 0 Å². The van der Waals surface area contributed by atoms with Crippen molar-refractivity contribution >= 4 is 17.3 Å². The van der Waals surface area contributed by atoms with Crippen molar-refractivity contribution in [2.45, 2.75) is 31.4 Å². The van der Waals surface area contributed by atoms with Gasteiger partial charge in [0.25, 0.3) is 5.91 Å². The zero-order valence-electron chi connectivity index (χ0n) is 16.0. The highest BCUT2D eigenvalue weighted by molar-refractivity contribution is 6.05. The van der Waals surface area contributed by atoms with E-state index in [4.69, 9.17) is 15.2 Å². The SMILES string of the molecule is Nc1ccccc1NC(=O)c1ccc(OC2CCCN(C3COC3)CC2)cc1. The molecule has 4 rings (SSSR count). The standard InChI is InChI=1S/C22H27N3O3/c23-20-5-1-2-6-21(20)24-22(26)16-7-9-19(10-8-16)28-18-4-3-12-25(13-11-18)17-14-27-15-17/h1-2,5-10,17-18H,3-4,11-15,23H2,(H,24,26). The summed E-state index contributed by atoms with van der Waals surface area (Å²) in [6.07, 6.45) is 3.43. The third-order valence-corrected chi connectivity index (χ3v) is 5.47. The van der Waals surface area contributed by atoms with Gasteiger partial charge in [0.1, 0.15) is 5.75 Å². The highest BCUT2D eigenvalue weighted by Crippen LogP contribution is 2.23. The molecule has 2 saturated heterocycles. The zero-order chi connectivity index (χ0) is 19.3. The molecule has 0 radical (unpaired) electrons. The molecule has 1 unspecified atom stereocenters. The Hall–Kier alpha value is -2.57. The van der Waals surface area contributed by atoms with E-state index in [1.54, 1.807) is 24.3 Å². The van der Waals surface area contributed by atoms with Crippen molar-refractivity contribution in [2.75, 3.05) is 37.4 Å². The second kappa shape index (κ2) is 8.63. The minimum absolute atomic E-state index is 0.183. The number of hydrogen-bond donors (Lipinski definition) is 2. The Balaban J connectivity index is 1.31. The first-order valence-electron chi connectivity index (χ1n) is 9.93. The molecular formula is C22H27N3O3. The van der Waals surface area contributed by atoms with E-state index in [-0.39, 0.29) is 12.0 Å². The fraction of sp³-hybridized carbons (Fsp3) is 0.409. The number of benzene rings is 2. The summed E-state index contributed by atoms with van der Waals surface area (Å²) in [5.41, 5.74) is 7.63. The van der Waals surface area contributed by atoms with Crippen LogP contribution in [0.5, 0.6) is 5.75 Å². The van der Waals surface area contributed by atoms with E-state index in [0.717, 1.165) is 51.3 Å². The lowest BCUT2D eigenvalue weighted by Gasteiger charge is -2.36. The third kappa shape index (κ3) is 4.46. The Morgan fingerprint density at radius 2 is 1.86 bits per heavy atom. The van der Waals surface area contributed by atoms with E-state index >= 15 is 0 Å². The predicted octanol–water partition coefficient (Wildman–Crippen LogP) is 3.15. The summed E-state index contributed by atoms with van der Waals surface area (Å²) >= 11 is 0. The first-order valence-corrected chi connectivity index (χ1v) is 9.93. The Labute approximate surface area is 165 Å². The highest BCUT2D eigenvalue weighted by Gasteiger charge is 2.28. The van der Waals surface area contributed by atoms with Crippen molar-refractivity contribution < 1.29 is 14.3 Å². The normalized spacial score (nSPS) is 20.8. The molecular weight excluding hydrogens is 354 g/mol.